The van der Waals surface area contributed by atoms with Crippen LogP contribution in [0.2, 0.25) is 0 Å². The summed E-state index contributed by atoms with van der Waals surface area (Å²) in [7, 11) is 0. The maximum absolute atomic E-state index is 12.9. The first-order valence-corrected chi connectivity index (χ1v) is 13.0. The highest BCUT2D eigenvalue weighted by atomic mass is 32.2. The maximum atomic E-state index is 12.9. The van der Waals surface area contributed by atoms with Gasteiger partial charge in [0, 0.05) is 28.4 Å². The number of anilines is 1. The quantitative estimate of drug-likeness (QED) is 0.130. The van der Waals surface area contributed by atoms with Gasteiger partial charge < -0.3 is 21.0 Å². The summed E-state index contributed by atoms with van der Waals surface area (Å²) in [6, 6.07) is 4.49. The molecule has 0 aromatic carbocycles. The second-order valence-electron chi connectivity index (χ2n) is 7.09. The van der Waals surface area contributed by atoms with Crippen LogP contribution >= 0.6 is 35.1 Å². The molecular formula is C21H19N7O5S3. The van der Waals surface area contributed by atoms with Gasteiger partial charge in [-0.2, -0.15) is 9.36 Å². The first-order chi connectivity index (χ1) is 17.4. The van der Waals surface area contributed by atoms with Crippen LogP contribution in [0.4, 0.5) is 5.13 Å². The zero-order chi connectivity index (χ0) is 25.7. The highest BCUT2D eigenvalue weighted by Gasteiger charge is 2.54. The number of nitrogens with one attached hydrogen (secondary N) is 1. The Kier molecular flexibility index (Phi) is 8.02. The molecule has 2 aliphatic heterocycles. The van der Waals surface area contributed by atoms with Gasteiger partial charge in [0.1, 0.15) is 23.7 Å². The molecule has 2 aliphatic rings. The van der Waals surface area contributed by atoms with Gasteiger partial charge in [-0.25, -0.2) is 4.79 Å². The molecule has 12 nitrogen and oxygen atoms in total. The number of thioether (sulfide) groups is 2. The van der Waals surface area contributed by atoms with E-state index in [1.165, 1.54) is 34.5 Å². The molecule has 186 valence electrons. The minimum Gasteiger partial charge on any atom is -0.477 e. The number of aliphatic carboxylic acids is 1. The van der Waals surface area contributed by atoms with E-state index in [-0.39, 0.29) is 29.0 Å². The van der Waals surface area contributed by atoms with Crippen molar-refractivity contribution in [3.05, 3.63) is 64.6 Å². The van der Waals surface area contributed by atoms with Crippen molar-refractivity contribution in [2.24, 2.45) is 5.16 Å². The number of β-lactam (4-membered cyclic amide) rings is 1. The van der Waals surface area contributed by atoms with Gasteiger partial charge in [0.05, 0.1) is 5.69 Å². The van der Waals surface area contributed by atoms with Crippen LogP contribution in [0.5, 0.6) is 0 Å². The third-order valence-electron chi connectivity index (χ3n) is 4.78. The van der Waals surface area contributed by atoms with Crippen molar-refractivity contribution >= 4 is 69.8 Å². The fourth-order valence-electron chi connectivity index (χ4n) is 3.22. The average Bonchev–Trinajstić information content (AvgIpc) is 3.30. The van der Waals surface area contributed by atoms with Gasteiger partial charge >= 0.3 is 5.97 Å². The van der Waals surface area contributed by atoms with Gasteiger partial charge in [-0.3, -0.25) is 19.5 Å². The normalized spacial score (nSPS) is 19.6. The van der Waals surface area contributed by atoms with E-state index in [0.717, 1.165) is 17.2 Å². The van der Waals surface area contributed by atoms with Crippen LogP contribution < -0.4 is 11.1 Å². The van der Waals surface area contributed by atoms with Gasteiger partial charge in [-0.1, -0.05) is 35.6 Å². The number of pyridine rings is 1. The molecule has 36 heavy (non-hydrogen) atoms. The number of carboxylic acid groups (broad SMARTS) is 1. The molecule has 15 heteroatoms. The monoisotopic (exact) mass is 545 g/mol. The van der Waals surface area contributed by atoms with E-state index in [4.69, 9.17) is 10.6 Å². The zero-order valence-electron chi connectivity index (χ0n) is 18.4. The number of hydrogen-bond donors (Lipinski definition) is 3. The van der Waals surface area contributed by atoms with Gasteiger partial charge in [0.25, 0.3) is 11.8 Å². The van der Waals surface area contributed by atoms with E-state index < -0.39 is 29.2 Å². The number of nitrogen functional groups attached to an aromatic ring is 1. The lowest BCUT2D eigenvalue weighted by molar-refractivity contribution is -0.150. The maximum Gasteiger partial charge on any atom is 0.353 e. The fraction of sp³-hybridized carbons (Fsp3) is 0.190. The number of carbonyl (C=O) groups is 3. The van der Waals surface area contributed by atoms with Crippen molar-refractivity contribution in [3.8, 4) is 0 Å². The Hall–Kier alpha value is -3.69. The predicted molar refractivity (Wildman–Crippen MR) is 138 cm³/mol. The van der Waals surface area contributed by atoms with Crippen molar-refractivity contribution in [1.29, 1.82) is 0 Å². The third-order valence-corrected chi connectivity index (χ3v) is 7.68. The van der Waals surface area contributed by atoms with Crippen LogP contribution in [0.15, 0.2) is 58.2 Å². The Balaban J connectivity index is 1.49. The summed E-state index contributed by atoms with van der Waals surface area (Å²) in [5.74, 6) is -2.25. The molecule has 0 saturated carbocycles. The van der Waals surface area contributed by atoms with Crippen molar-refractivity contribution in [2.75, 3.05) is 18.1 Å². The second kappa shape index (κ2) is 11.4. The summed E-state index contributed by atoms with van der Waals surface area (Å²) in [5.41, 5.74) is 5.96. The van der Waals surface area contributed by atoms with Gasteiger partial charge in [0.15, 0.2) is 5.13 Å². The molecule has 0 bridgehead atoms. The van der Waals surface area contributed by atoms with Crippen LogP contribution in [-0.2, 0) is 19.2 Å². The fourth-order valence-corrected chi connectivity index (χ4v) is 6.00. The third kappa shape index (κ3) is 5.42. The summed E-state index contributed by atoms with van der Waals surface area (Å²) < 4.78 is 3.97. The second-order valence-corrected chi connectivity index (χ2v) is 9.98. The average molecular weight is 546 g/mol. The highest BCUT2D eigenvalue weighted by Crippen LogP contribution is 2.43. The summed E-state index contributed by atoms with van der Waals surface area (Å²) >= 11 is 3.42. The Morgan fingerprint density at radius 2 is 2.28 bits per heavy atom. The molecule has 1 saturated heterocycles. The molecule has 0 aliphatic carbocycles. The number of rotatable bonds is 10. The summed E-state index contributed by atoms with van der Waals surface area (Å²) in [6.45, 7) is 3.54. The molecule has 4 heterocycles. The highest BCUT2D eigenvalue weighted by molar-refractivity contribution is 8.08. The van der Waals surface area contributed by atoms with Crippen LogP contribution in [0.1, 0.15) is 11.5 Å². The molecule has 4 N–H and O–H groups in total. The van der Waals surface area contributed by atoms with Crippen molar-refractivity contribution in [2.45, 2.75) is 11.4 Å². The Morgan fingerprint density at radius 3 is 2.94 bits per heavy atom. The molecule has 0 radical (unpaired) electrons. The predicted octanol–water partition coefficient (Wildman–Crippen LogP) is 1.52. The van der Waals surface area contributed by atoms with Crippen LogP contribution in [-0.4, -0.2) is 71.6 Å². The van der Waals surface area contributed by atoms with E-state index in [2.05, 4.69) is 31.4 Å². The largest absolute Gasteiger partial charge is 0.477 e. The van der Waals surface area contributed by atoms with E-state index in [9.17, 15) is 19.5 Å². The first-order valence-electron chi connectivity index (χ1n) is 10.3. The molecule has 0 spiro atoms. The first kappa shape index (κ1) is 25.4. The number of fused-ring (bicyclic) bond motifs is 1. The van der Waals surface area contributed by atoms with Gasteiger partial charge in [-0.15, -0.1) is 11.8 Å². The van der Waals surface area contributed by atoms with E-state index in [0.29, 0.717) is 10.7 Å². The van der Waals surface area contributed by atoms with Crippen LogP contribution in [0, 0.1) is 0 Å². The number of carboxylic acids is 1. The number of aromatic nitrogens is 3. The molecular weight excluding hydrogens is 526 g/mol. The van der Waals surface area contributed by atoms with E-state index in [1.807, 2.05) is 12.1 Å². The number of nitrogens with zero attached hydrogens (tertiary/aromatic N) is 5. The van der Waals surface area contributed by atoms with Crippen molar-refractivity contribution < 1.29 is 24.3 Å². The van der Waals surface area contributed by atoms with Crippen molar-refractivity contribution in [3.63, 3.8) is 0 Å². The minimum atomic E-state index is -1.23. The minimum absolute atomic E-state index is 0.0347. The van der Waals surface area contributed by atoms with Crippen LogP contribution in [0.25, 0.3) is 6.08 Å². The molecule has 1 unspecified atom stereocenters. The number of carbonyl (C=O) groups excluding carboxylic acids is 2. The van der Waals surface area contributed by atoms with E-state index in [1.54, 1.807) is 23.7 Å². The van der Waals surface area contributed by atoms with Crippen LogP contribution in [0.3, 0.4) is 0 Å². The Morgan fingerprint density at radius 1 is 1.44 bits per heavy atom. The lowest BCUT2D eigenvalue weighted by atomic mass is 10.0. The zero-order valence-corrected chi connectivity index (χ0v) is 20.9. The number of amides is 2. The number of nitrogens with two attached hydrogens (primary N) is 1. The molecule has 4 rings (SSSR count). The molecule has 2 amide bonds. The Bertz CT molecular complexity index is 1280. The SMILES string of the molecule is C=CCON=C(C(=O)NC1C(=O)N2C(C(=O)O)=C(SC=Cc3ccccn3)CS[C@@H]12)c1nsc(N)n1. The Labute approximate surface area is 217 Å². The standard InChI is InChI=1S/C21H19N7O5S3/c1-2-8-33-26-13(16-25-21(22)36-27-16)17(29)24-14-18(30)28-15(20(31)32)12(10-35-19(14)28)34-9-6-11-5-3-4-7-23-11/h2-7,9,14,19H,1,8,10H2,(H,24,29)(H,31,32)(H2,22,25,27)/t14?,19-/m0/s1. The lowest BCUT2D eigenvalue weighted by Crippen LogP contribution is -2.71. The molecule has 2 aromatic rings. The lowest BCUT2D eigenvalue weighted by Gasteiger charge is -2.49. The summed E-state index contributed by atoms with van der Waals surface area (Å²) in [5, 5.41) is 17.4. The smallest absolute Gasteiger partial charge is 0.353 e. The van der Waals surface area contributed by atoms with Gasteiger partial charge in [-0.05, 0) is 23.6 Å². The van der Waals surface area contributed by atoms with Crippen molar-refractivity contribution in [1.82, 2.24) is 24.6 Å². The van der Waals surface area contributed by atoms with Gasteiger partial charge in [0.2, 0.25) is 11.5 Å². The summed E-state index contributed by atoms with van der Waals surface area (Å²) in [6.07, 6.45) is 4.85. The molecule has 1 fully saturated rings. The molecule has 2 atom stereocenters. The van der Waals surface area contributed by atoms with E-state index >= 15 is 0 Å². The topological polar surface area (TPSA) is 173 Å². The molecule has 2 aromatic heterocycles. The number of oxime groups is 1. The number of hydrogen-bond acceptors (Lipinski definition) is 12. The summed E-state index contributed by atoms with van der Waals surface area (Å²) in [4.78, 5) is 52.8.